The fraction of sp³-hybridized carbons (Fsp3) is 0.273. The zero-order valence-corrected chi connectivity index (χ0v) is 9.14. The predicted molar refractivity (Wildman–Crippen MR) is 57.1 cm³/mol. The van der Waals surface area contributed by atoms with E-state index in [1.165, 1.54) is 25.1 Å². The van der Waals surface area contributed by atoms with Crippen LogP contribution in [0.1, 0.15) is 6.92 Å². The number of benzene rings is 1. The molecule has 1 rings (SSSR count). The molecule has 0 bridgehead atoms. The number of hydrogen-bond donors (Lipinski definition) is 2. The van der Waals surface area contributed by atoms with E-state index in [9.17, 15) is 14.0 Å². The molecule has 2 N–H and O–H groups in total. The van der Waals surface area contributed by atoms with Gasteiger partial charge in [0.25, 0.3) is 5.91 Å². The molecule has 0 saturated carbocycles. The van der Waals surface area contributed by atoms with Gasteiger partial charge in [0.2, 0.25) is 0 Å². The maximum Gasteiger partial charge on any atom is 0.325 e. The van der Waals surface area contributed by atoms with Crippen LogP contribution in [0.4, 0.5) is 4.39 Å². The van der Waals surface area contributed by atoms with Gasteiger partial charge in [0.15, 0.2) is 6.61 Å². The summed E-state index contributed by atoms with van der Waals surface area (Å²) in [4.78, 5) is 21.7. The summed E-state index contributed by atoms with van der Waals surface area (Å²) in [6, 6.07) is 4.34. The van der Waals surface area contributed by atoms with Crippen LogP contribution in [0.3, 0.4) is 0 Å². The lowest BCUT2D eigenvalue weighted by Crippen LogP contribution is -2.40. The van der Waals surface area contributed by atoms with Crippen molar-refractivity contribution in [3.05, 3.63) is 30.1 Å². The van der Waals surface area contributed by atoms with Crippen molar-refractivity contribution in [2.45, 2.75) is 13.0 Å². The summed E-state index contributed by atoms with van der Waals surface area (Å²) in [5.41, 5.74) is 0. The van der Waals surface area contributed by atoms with Gasteiger partial charge in [-0.05, 0) is 19.1 Å². The smallest absolute Gasteiger partial charge is 0.325 e. The van der Waals surface area contributed by atoms with Crippen LogP contribution in [0.25, 0.3) is 0 Å². The van der Waals surface area contributed by atoms with Gasteiger partial charge in [-0.3, -0.25) is 9.59 Å². The van der Waals surface area contributed by atoms with Crippen molar-refractivity contribution in [1.82, 2.24) is 5.32 Å². The summed E-state index contributed by atoms with van der Waals surface area (Å²) in [6.45, 7) is 0.976. The molecule has 0 aromatic heterocycles. The van der Waals surface area contributed by atoms with Crippen LogP contribution in [0, 0.1) is 5.82 Å². The van der Waals surface area contributed by atoms with Crippen LogP contribution in [-0.2, 0) is 9.59 Å². The second kappa shape index (κ2) is 5.83. The summed E-state index contributed by atoms with van der Waals surface area (Å²) in [6.07, 6.45) is 0. The van der Waals surface area contributed by atoms with E-state index >= 15 is 0 Å². The second-order valence-corrected chi connectivity index (χ2v) is 3.37. The van der Waals surface area contributed by atoms with Gasteiger partial charge in [-0.15, -0.1) is 0 Å². The van der Waals surface area contributed by atoms with Gasteiger partial charge in [-0.25, -0.2) is 4.39 Å². The van der Waals surface area contributed by atoms with Crippen LogP contribution in [0.2, 0.25) is 0 Å². The molecule has 0 fully saturated rings. The number of carbonyl (C=O) groups is 2. The summed E-state index contributed by atoms with van der Waals surface area (Å²) in [5, 5.41) is 10.8. The molecule has 0 aliphatic rings. The Bertz CT molecular complexity index is 422. The maximum atomic E-state index is 12.7. The normalized spacial score (nSPS) is 11.6. The lowest BCUT2D eigenvalue weighted by Gasteiger charge is -2.10. The number of nitrogens with one attached hydrogen (secondary N) is 1. The lowest BCUT2D eigenvalue weighted by molar-refractivity contribution is -0.141. The van der Waals surface area contributed by atoms with E-state index in [0.717, 1.165) is 6.07 Å². The van der Waals surface area contributed by atoms with E-state index in [2.05, 4.69) is 5.32 Å². The molecule has 1 aromatic rings. The average Bonchev–Trinajstić information content (AvgIpc) is 2.26. The van der Waals surface area contributed by atoms with Crippen molar-refractivity contribution >= 4 is 11.9 Å². The van der Waals surface area contributed by atoms with Crippen LogP contribution in [0.5, 0.6) is 5.75 Å². The third kappa shape index (κ3) is 4.50. The van der Waals surface area contributed by atoms with Crippen molar-refractivity contribution in [1.29, 1.82) is 0 Å². The highest BCUT2D eigenvalue weighted by atomic mass is 19.1. The van der Waals surface area contributed by atoms with Crippen LogP contribution >= 0.6 is 0 Å². The van der Waals surface area contributed by atoms with Crippen molar-refractivity contribution in [3.63, 3.8) is 0 Å². The highest BCUT2D eigenvalue weighted by Gasteiger charge is 2.13. The Labute approximate surface area is 97.2 Å². The predicted octanol–water partition coefficient (Wildman–Crippen LogP) is 0.794. The zero-order valence-electron chi connectivity index (χ0n) is 9.14. The Balaban J connectivity index is 2.41. The highest BCUT2D eigenvalue weighted by Crippen LogP contribution is 2.11. The standard InChI is InChI=1S/C11H12FNO4/c1-7(11(15)16)13-10(14)6-17-9-4-2-3-8(12)5-9/h2-5,7H,6H2,1H3,(H,13,14)(H,15,16)/t7-/m0/s1. The maximum absolute atomic E-state index is 12.7. The molecule has 0 radical (unpaired) electrons. The largest absolute Gasteiger partial charge is 0.484 e. The van der Waals surface area contributed by atoms with Crippen molar-refractivity contribution in [2.75, 3.05) is 6.61 Å². The number of ether oxygens (including phenoxy) is 1. The van der Waals surface area contributed by atoms with Crippen molar-refractivity contribution in [2.24, 2.45) is 0 Å². The lowest BCUT2D eigenvalue weighted by atomic mass is 10.3. The first-order valence-electron chi connectivity index (χ1n) is 4.89. The third-order valence-electron chi connectivity index (χ3n) is 1.91. The molecular weight excluding hydrogens is 229 g/mol. The Morgan fingerprint density at radius 2 is 2.24 bits per heavy atom. The first kappa shape index (κ1) is 13.0. The zero-order chi connectivity index (χ0) is 12.8. The Morgan fingerprint density at radius 3 is 2.82 bits per heavy atom. The number of carbonyl (C=O) groups excluding carboxylic acids is 1. The number of carboxylic acid groups (broad SMARTS) is 1. The second-order valence-electron chi connectivity index (χ2n) is 3.37. The fourth-order valence-electron chi connectivity index (χ4n) is 1.05. The minimum atomic E-state index is -1.14. The minimum absolute atomic E-state index is 0.211. The number of aliphatic carboxylic acids is 1. The molecular formula is C11H12FNO4. The summed E-state index contributed by atoms with van der Waals surface area (Å²) < 4.78 is 17.7. The van der Waals surface area contributed by atoms with E-state index in [4.69, 9.17) is 9.84 Å². The molecule has 5 nitrogen and oxygen atoms in total. The van der Waals surface area contributed by atoms with Crippen molar-refractivity contribution < 1.29 is 23.8 Å². The molecule has 6 heteroatoms. The molecule has 0 unspecified atom stereocenters. The van der Waals surface area contributed by atoms with Gasteiger partial charge >= 0.3 is 5.97 Å². The third-order valence-corrected chi connectivity index (χ3v) is 1.91. The SMILES string of the molecule is C[C@H](NC(=O)COc1cccc(F)c1)C(=O)O. The van der Waals surface area contributed by atoms with Crippen LogP contribution < -0.4 is 10.1 Å². The minimum Gasteiger partial charge on any atom is -0.484 e. The quantitative estimate of drug-likeness (QED) is 0.799. The molecule has 0 saturated heterocycles. The van der Waals surface area contributed by atoms with Gasteiger partial charge < -0.3 is 15.2 Å². The molecule has 1 amide bonds. The number of carboxylic acids is 1. The summed E-state index contributed by atoms with van der Waals surface area (Å²) in [5.74, 6) is -1.97. The van der Waals surface area contributed by atoms with Crippen LogP contribution in [0.15, 0.2) is 24.3 Å². The van der Waals surface area contributed by atoms with E-state index in [1.54, 1.807) is 0 Å². The summed E-state index contributed by atoms with van der Waals surface area (Å²) in [7, 11) is 0. The number of halogens is 1. The van der Waals surface area contributed by atoms with Gasteiger partial charge in [-0.1, -0.05) is 6.07 Å². The first-order chi connectivity index (χ1) is 7.99. The van der Waals surface area contributed by atoms with Gasteiger partial charge in [0.1, 0.15) is 17.6 Å². The first-order valence-corrected chi connectivity index (χ1v) is 4.89. The Kier molecular flexibility index (Phi) is 4.45. The monoisotopic (exact) mass is 241 g/mol. The molecule has 0 spiro atoms. The Morgan fingerprint density at radius 1 is 1.53 bits per heavy atom. The van der Waals surface area contributed by atoms with E-state index in [0.29, 0.717) is 0 Å². The molecule has 92 valence electrons. The number of amides is 1. The number of rotatable bonds is 5. The molecule has 1 aromatic carbocycles. The topological polar surface area (TPSA) is 75.6 Å². The van der Waals surface area contributed by atoms with Crippen LogP contribution in [-0.4, -0.2) is 29.6 Å². The molecule has 0 heterocycles. The Hall–Kier alpha value is -2.11. The summed E-state index contributed by atoms with van der Waals surface area (Å²) >= 11 is 0. The van der Waals surface area contributed by atoms with Crippen molar-refractivity contribution in [3.8, 4) is 5.75 Å². The van der Waals surface area contributed by atoms with E-state index < -0.39 is 23.7 Å². The molecule has 0 aliphatic heterocycles. The van der Waals surface area contributed by atoms with Gasteiger partial charge in [-0.2, -0.15) is 0 Å². The number of hydrogen-bond acceptors (Lipinski definition) is 3. The van der Waals surface area contributed by atoms with E-state index in [1.807, 2.05) is 0 Å². The average molecular weight is 241 g/mol. The van der Waals surface area contributed by atoms with Gasteiger partial charge in [0.05, 0.1) is 0 Å². The van der Waals surface area contributed by atoms with Gasteiger partial charge in [0, 0.05) is 6.07 Å². The fourth-order valence-corrected chi connectivity index (χ4v) is 1.05. The molecule has 17 heavy (non-hydrogen) atoms. The molecule has 1 atom stereocenters. The van der Waals surface area contributed by atoms with E-state index in [-0.39, 0.29) is 12.4 Å². The molecule has 0 aliphatic carbocycles. The highest BCUT2D eigenvalue weighted by molar-refractivity contribution is 5.84.